The van der Waals surface area contributed by atoms with E-state index in [2.05, 4.69) is 29.2 Å². The third-order valence-corrected chi connectivity index (χ3v) is 6.90. The SMILES string of the molecule is Cc1ccc(CCc2nc(N3CC(N4CCCC4=O)C(c4ccc(Cl)cc4)=N3)no2)s1. The van der Waals surface area contributed by atoms with Crippen molar-refractivity contribution in [3.8, 4) is 0 Å². The number of anilines is 1. The van der Waals surface area contributed by atoms with Crippen LogP contribution in [0.4, 0.5) is 5.95 Å². The van der Waals surface area contributed by atoms with E-state index in [4.69, 9.17) is 21.2 Å². The summed E-state index contributed by atoms with van der Waals surface area (Å²) in [4.78, 5) is 21.5. The Morgan fingerprint density at radius 1 is 1.19 bits per heavy atom. The number of carbonyl (C=O) groups excluding carboxylic acids is 1. The van der Waals surface area contributed by atoms with Crippen LogP contribution in [-0.4, -0.2) is 45.8 Å². The maximum Gasteiger partial charge on any atom is 0.286 e. The fourth-order valence-corrected chi connectivity index (χ4v) is 5.05. The van der Waals surface area contributed by atoms with Crippen LogP contribution in [0.15, 0.2) is 46.0 Å². The minimum Gasteiger partial charge on any atom is -0.337 e. The fraction of sp³-hybridized carbons (Fsp3) is 0.364. The van der Waals surface area contributed by atoms with Crippen molar-refractivity contribution in [2.75, 3.05) is 18.1 Å². The quantitative estimate of drug-likeness (QED) is 0.559. The number of nitrogens with zero attached hydrogens (tertiary/aromatic N) is 5. The average Bonchev–Trinajstić information content (AvgIpc) is 3.53. The highest BCUT2D eigenvalue weighted by Gasteiger charge is 2.38. The van der Waals surface area contributed by atoms with Gasteiger partial charge in [0.2, 0.25) is 11.8 Å². The number of aromatic nitrogens is 2. The lowest BCUT2D eigenvalue weighted by Gasteiger charge is -2.25. The summed E-state index contributed by atoms with van der Waals surface area (Å²) in [7, 11) is 0. The zero-order valence-electron chi connectivity index (χ0n) is 17.1. The molecule has 1 fully saturated rings. The molecule has 31 heavy (non-hydrogen) atoms. The minimum absolute atomic E-state index is 0.146. The van der Waals surface area contributed by atoms with E-state index in [9.17, 15) is 4.79 Å². The number of hydrogen-bond acceptors (Lipinski definition) is 7. The Morgan fingerprint density at radius 3 is 2.74 bits per heavy atom. The van der Waals surface area contributed by atoms with Crippen molar-refractivity contribution in [2.45, 2.75) is 38.6 Å². The Bertz CT molecular complexity index is 1120. The first-order valence-electron chi connectivity index (χ1n) is 10.4. The second-order valence-electron chi connectivity index (χ2n) is 7.78. The summed E-state index contributed by atoms with van der Waals surface area (Å²) in [5.41, 5.74) is 1.76. The molecule has 2 aliphatic rings. The summed E-state index contributed by atoms with van der Waals surface area (Å²) in [5, 5.41) is 11.3. The molecule has 1 amide bonds. The molecule has 1 saturated heterocycles. The lowest BCUT2D eigenvalue weighted by atomic mass is 10.0. The van der Waals surface area contributed by atoms with Crippen molar-refractivity contribution in [2.24, 2.45) is 5.10 Å². The first-order valence-corrected chi connectivity index (χ1v) is 11.6. The van der Waals surface area contributed by atoms with Gasteiger partial charge in [-0.25, -0.2) is 5.01 Å². The van der Waals surface area contributed by atoms with Crippen LogP contribution in [0.3, 0.4) is 0 Å². The van der Waals surface area contributed by atoms with Gasteiger partial charge in [0.25, 0.3) is 5.95 Å². The van der Waals surface area contributed by atoms with Crippen molar-refractivity contribution >= 4 is 40.5 Å². The van der Waals surface area contributed by atoms with Crippen LogP contribution in [0.25, 0.3) is 0 Å². The van der Waals surface area contributed by atoms with E-state index in [1.54, 1.807) is 16.3 Å². The van der Waals surface area contributed by atoms with Crippen molar-refractivity contribution < 1.29 is 9.32 Å². The Hall–Kier alpha value is -2.71. The van der Waals surface area contributed by atoms with E-state index in [-0.39, 0.29) is 11.9 Å². The van der Waals surface area contributed by atoms with Gasteiger partial charge in [-0.15, -0.1) is 11.3 Å². The molecule has 4 heterocycles. The molecule has 1 atom stereocenters. The molecule has 160 valence electrons. The van der Waals surface area contributed by atoms with Crippen LogP contribution >= 0.6 is 22.9 Å². The second kappa shape index (κ2) is 8.43. The molecule has 0 bridgehead atoms. The predicted octanol–water partition coefficient (Wildman–Crippen LogP) is 4.09. The summed E-state index contributed by atoms with van der Waals surface area (Å²) in [5.74, 6) is 1.18. The zero-order valence-corrected chi connectivity index (χ0v) is 18.7. The molecule has 5 rings (SSSR count). The van der Waals surface area contributed by atoms with Crippen molar-refractivity contribution in [3.63, 3.8) is 0 Å². The van der Waals surface area contributed by atoms with Gasteiger partial charge in [0.1, 0.15) is 0 Å². The molecule has 2 aromatic heterocycles. The smallest absolute Gasteiger partial charge is 0.286 e. The van der Waals surface area contributed by atoms with Crippen LogP contribution in [0.5, 0.6) is 0 Å². The Kier molecular flexibility index (Phi) is 5.50. The van der Waals surface area contributed by atoms with Crippen LogP contribution in [0.2, 0.25) is 5.02 Å². The molecule has 2 aliphatic heterocycles. The minimum atomic E-state index is -0.146. The number of hydrogen-bond donors (Lipinski definition) is 0. The summed E-state index contributed by atoms with van der Waals surface area (Å²) in [6, 6.07) is 11.7. The summed E-state index contributed by atoms with van der Waals surface area (Å²) < 4.78 is 5.48. The highest BCUT2D eigenvalue weighted by molar-refractivity contribution is 7.11. The van der Waals surface area contributed by atoms with Gasteiger partial charge >= 0.3 is 0 Å². The van der Waals surface area contributed by atoms with Crippen LogP contribution in [0, 0.1) is 6.92 Å². The molecular weight excluding hydrogens is 434 g/mol. The molecule has 0 spiro atoms. The molecule has 1 aromatic carbocycles. The van der Waals surface area contributed by atoms with Gasteiger partial charge in [0, 0.05) is 39.7 Å². The Balaban J connectivity index is 1.37. The number of rotatable bonds is 6. The number of amides is 1. The molecule has 7 nitrogen and oxygen atoms in total. The summed E-state index contributed by atoms with van der Waals surface area (Å²) in [6.07, 6.45) is 3.00. The third kappa shape index (κ3) is 4.22. The number of halogens is 1. The predicted molar refractivity (Wildman–Crippen MR) is 121 cm³/mol. The van der Waals surface area contributed by atoms with Gasteiger partial charge in [-0.2, -0.15) is 10.1 Å². The van der Waals surface area contributed by atoms with E-state index in [1.165, 1.54) is 9.75 Å². The van der Waals surface area contributed by atoms with Crippen LogP contribution < -0.4 is 5.01 Å². The second-order valence-corrected chi connectivity index (χ2v) is 9.59. The lowest BCUT2D eigenvalue weighted by Crippen LogP contribution is -2.44. The molecule has 9 heteroatoms. The fourth-order valence-electron chi connectivity index (χ4n) is 4.03. The average molecular weight is 456 g/mol. The van der Waals surface area contributed by atoms with Gasteiger partial charge in [-0.3, -0.25) is 4.79 Å². The van der Waals surface area contributed by atoms with E-state index >= 15 is 0 Å². The first-order chi connectivity index (χ1) is 15.1. The highest BCUT2D eigenvalue weighted by atomic mass is 35.5. The summed E-state index contributed by atoms with van der Waals surface area (Å²) >= 11 is 7.84. The largest absolute Gasteiger partial charge is 0.337 e. The first kappa shape index (κ1) is 20.2. The van der Waals surface area contributed by atoms with Crippen LogP contribution in [-0.2, 0) is 17.6 Å². The Morgan fingerprint density at radius 2 is 2.03 bits per heavy atom. The zero-order chi connectivity index (χ0) is 21.4. The molecule has 1 unspecified atom stereocenters. The molecular formula is C22H22ClN5O2S. The van der Waals surface area contributed by atoms with Gasteiger partial charge in [-0.05, 0) is 49.2 Å². The van der Waals surface area contributed by atoms with Crippen molar-refractivity contribution in [1.82, 2.24) is 15.0 Å². The van der Waals surface area contributed by atoms with Gasteiger partial charge in [0.05, 0.1) is 18.3 Å². The topological polar surface area (TPSA) is 74.8 Å². The number of aryl methyl sites for hydroxylation is 3. The molecule has 0 N–H and O–H groups in total. The van der Waals surface area contributed by atoms with E-state index in [1.807, 2.05) is 29.2 Å². The third-order valence-electron chi connectivity index (χ3n) is 5.59. The van der Waals surface area contributed by atoms with Gasteiger partial charge in [0.15, 0.2) is 0 Å². The number of carbonyl (C=O) groups is 1. The molecule has 3 aromatic rings. The van der Waals surface area contributed by atoms with Gasteiger partial charge in [-0.1, -0.05) is 23.7 Å². The number of hydrazone groups is 1. The van der Waals surface area contributed by atoms with Crippen molar-refractivity contribution in [3.05, 3.63) is 62.6 Å². The van der Waals surface area contributed by atoms with Crippen LogP contribution in [0.1, 0.15) is 34.1 Å². The van der Waals surface area contributed by atoms with E-state index in [0.717, 1.165) is 30.7 Å². The molecule has 0 radical (unpaired) electrons. The summed E-state index contributed by atoms with van der Waals surface area (Å²) in [6.45, 7) is 3.35. The maximum absolute atomic E-state index is 12.4. The van der Waals surface area contributed by atoms with E-state index < -0.39 is 0 Å². The molecule has 0 aliphatic carbocycles. The highest BCUT2D eigenvalue weighted by Crippen LogP contribution is 2.27. The normalized spacial score (nSPS) is 18.8. The van der Waals surface area contributed by atoms with Crippen molar-refractivity contribution in [1.29, 1.82) is 0 Å². The number of likely N-dealkylation sites (tertiary alicyclic amines) is 1. The maximum atomic E-state index is 12.4. The number of thiophene rings is 1. The molecule has 0 saturated carbocycles. The van der Waals surface area contributed by atoms with E-state index in [0.29, 0.717) is 36.2 Å². The Labute approximate surface area is 189 Å². The van der Waals surface area contributed by atoms with Gasteiger partial charge < -0.3 is 9.42 Å². The number of benzene rings is 1. The monoisotopic (exact) mass is 455 g/mol. The lowest BCUT2D eigenvalue weighted by molar-refractivity contribution is -0.128. The standard InChI is InChI=1S/C22H22ClN5O2S/c1-14-4-9-17(31-14)10-11-19-24-22(26-30-19)28-13-18(27-12-2-3-20(27)29)21(25-28)15-5-7-16(23)8-6-15/h4-9,18H,2-3,10-13H2,1H3.